The first-order chi connectivity index (χ1) is 8.12. The molecule has 1 aromatic carbocycles. The summed E-state index contributed by atoms with van der Waals surface area (Å²) in [5, 5.41) is 0. The summed E-state index contributed by atoms with van der Waals surface area (Å²) >= 11 is 0. The number of Topliss-reactive ketones (excluding diaryl/α,β-unsaturated/α-hetero) is 1. The Morgan fingerprint density at radius 3 is 2.35 bits per heavy atom. The van der Waals surface area contributed by atoms with Crippen molar-refractivity contribution in [3.05, 3.63) is 30.1 Å². The summed E-state index contributed by atoms with van der Waals surface area (Å²) in [5.41, 5.74) is -0.325. The molecule has 0 aromatic heterocycles. The van der Waals surface area contributed by atoms with Crippen LogP contribution in [0, 0.1) is 11.2 Å². The number of hydrogen-bond acceptors (Lipinski definition) is 2. The Labute approximate surface area is 101 Å². The van der Waals surface area contributed by atoms with Crippen molar-refractivity contribution in [3.8, 4) is 5.75 Å². The molecule has 1 atom stereocenters. The smallest absolute Gasteiger partial charge is 0.146 e. The second-order valence-electron chi connectivity index (χ2n) is 4.55. The number of halogens is 1. The molecule has 0 aliphatic heterocycles. The van der Waals surface area contributed by atoms with Gasteiger partial charge in [-0.05, 0) is 37.1 Å². The molecule has 1 aromatic rings. The molecule has 2 rings (SSSR count). The van der Waals surface area contributed by atoms with Gasteiger partial charge in [-0.25, -0.2) is 4.39 Å². The molecule has 92 valence electrons. The van der Waals surface area contributed by atoms with E-state index in [0.29, 0.717) is 12.2 Å². The molecule has 0 spiro atoms. The van der Waals surface area contributed by atoms with Gasteiger partial charge in [0.2, 0.25) is 0 Å². The summed E-state index contributed by atoms with van der Waals surface area (Å²) in [5.74, 6) is 0.643. The van der Waals surface area contributed by atoms with Crippen LogP contribution in [0.15, 0.2) is 24.3 Å². The minimum absolute atomic E-state index is 0.0598. The van der Waals surface area contributed by atoms with Crippen molar-refractivity contribution in [2.24, 2.45) is 5.41 Å². The van der Waals surface area contributed by atoms with E-state index in [1.165, 1.54) is 12.1 Å². The van der Waals surface area contributed by atoms with Crippen LogP contribution >= 0.6 is 0 Å². The maximum Gasteiger partial charge on any atom is 0.146 e. The highest BCUT2D eigenvalue weighted by atomic mass is 19.1. The lowest BCUT2D eigenvalue weighted by Gasteiger charge is -2.46. The van der Waals surface area contributed by atoms with Crippen LogP contribution in [-0.2, 0) is 4.79 Å². The van der Waals surface area contributed by atoms with Gasteiger partial charge in [0.25, 0.3) is 0 Å². The Hall–Kier alpha value is -1.38. The summed E-state index contributed by atoms with van der Waals surface area (Å²) in [6, 6.07) is 5.95. The highest BCUT2D eigenvalue weighted by Crippen LogP contribution is 2.45. The maximum absolute atomic E-state index is 12.8. The van der Waals surface area contributed by atoms with Crippen LogP contribution in [0.25, 0.3) is 0 Å². The molecule has 0 heterocycles. The Morgan fingerprint density at radius 1 is 1.29 bits per heavy atom. The first kappa shape index (κ1) is 12.1. The third-order valence-corrected chi connectivity index (χ3v) is 3.90. The van der Waals surface area contributed by atoms with Crippen molar-refractivity contribution in [1.82, 2.24) is 0 Å². The molecule has 1 saturated carbocycles. The van der Waals surface area contributed by atoms with Crippen molar-refractivity contribution in [2.45, 2.75) is 39.2 Å². The lowest BCUT2D eigenvalue weighted by Crippen LogP contribution is -2.56. The van der Waals surface area contributed by atoms with Gasteiger partial charge in [-0.15, -0.1) is 0 Å². The molecule has 0 saturated heterocycles. The molecule has 0 N–H and O–H groups in total. The Bertz CT molecular complexity index is 407. The van der Waals surface area contributed by atoms with Gasteiger partial charge in [0.1, 0.15) is 23.5 Å². The maximum atomic E-state index is 12.8. The normalized spacial score (nSPS) is 22.1. The Morgan fingerprint density at radius 2 is 1.88 bits per heavy atom. The van der Waals surface area contributed by atoms with Crippen LogP contribution < -0.4 is 4.74 Å². The van der Waals surface area contributed by atoms with Gasteiger partial charge in [0.05, 0.1) is 5.41 Å². The number of carbonyl (C=O) groups excluding carboxylic acids is 1. The molecule has 1 aliphatic rings. The van der Waals surface area contributed by atoms with E-state index in [-0.39, 0.29) is 23.1 Å². The van der Waals surface area contributed by atoms with E-state index in [9.17, 15) is 9.18 Å². The standard InChI is InChI=1S/C14H17FO2/c1-3-14(4-2)12(16)9-13(14)17-11-7-5-10(15)6-8-11/h5-8,13H,3-4,9H2,1-2H3. The third-order valence-electron chi connectivity index (χ3n) is 3.90. The van der Waals surface area contributed by atoms with Crippen molar-refractivity contribution in [2.75, 3.05) is 0 Å². The lowest BCUT2D eigenvalue weighted by molar-refractivity contribution is -0.153. The molecule has 2 nitrogen and oxygen atoms in total. The second kappa shape index (κ2) is 4.47. The summed E-state index contributed by atoms with van der Waals surface area (Å²) in [7, 11) is 0. The highest BCUT2D eigenvalue weighted by molar-refractivity contribution is 5.92. The quantitative estimate of drug-likeness (QED) is 0.801. The highest BCUT2D eigenvalue weighted by Gasteiger charge is 2.53. The molecule has 17 heavy (non-hydrogen) atoms. The van der Waals surface area contributed by atoms with Crippen molar-refractivity contribution >= 4 is 5.78 Å². The van der Waals surface area contributed by atoms with Gasteiger partial charge in [0.15, 0.2) is 0 Å². The Kier molecular flexibility index (Phi) is 3.18. The zero-order valence-electron chi connectivity index (χ0n) is 10.2. The van der Waals surface area contributed by atoms with E-state index >= 15 is 0 Å². The first-order valence-electron chi connectivity index (χ1n) is 6.08. The number of ketones is 1. The van der Waals surface area contributed by atoms with E-state index in [0.717, 1.165) is 12.8 Å². The van der Waals surface area contributed by atoms with Gasteiger partial charge < -0.3 is 4.74 Å². The van der Waals surface area contributed by atoms with E-state index in [2.05, 4.69) is 0 Å². The van der Waals surface area contributed by atoms with E-state index in [4.69, 9.17) is 4.74 Å². The van der Waals surface area contributed by atoms with Crippen molar-refractivity contribution < 1.29 is 13.9 Å². The first-order valence-corrected chi connectivity index (χ1v) is 6.08. The molecular weight excluding hydrogens is 219 g/mol. The van der Waals surface area contributed by atoms with Crippen LogP contribution in [0.5, 0.6) is 5.75 Å². The molecule has 0 amide bonds. The monoisotopic (exact) mass is 236 g/mol. The van der Waals surface area contributed by atoms with E-state index in [1.807, 2.05) is 13.8 Å². The summed E-state index contributed by atoms with van der Waals surface area (Å²) < 4.78 is 18.5. The minimum Gasteiger partial charge on any atom is -0.489 e. The van der Waals surface area contributed by atoms with Crippen LogP contribution in [0.3, 0.4) is 0 Å². The van der Waals surface area contributed by atoms with Gasteiger partial charge in [-0.3, -0.25) is 4.79 Å². The molecule has 3 heteroatoms. The summed E-state index contributed by atoms with van der Waals surface area (Å²) in [6.45, 7) is 4.03. The lowest BCUT2D eigenvalue weighted by atomic mass is 9.61. The predicted molar refractivity (Wildman–Crippen MR) is 63.5 cm³/mol. The predicted octanol–water partition coefficient (Wildman–Crippen LogP) is 3.35. The van der Waals surface area contributed by atoms with Gasteiger partial charge in [-0.1, -0.05) is 13.8 Å². The minimum atomic E-state index is -0.325. The van der Waals surface area contributed by atoms with Crippen molar-refractivity contribution in [3.63, 3.8) is 0 Å². The summed E-state index contributed by atoms with van der Waals surface area (Å²) in [6.07, 6.45) is 2.01. The Balaban J connectivity index is 2.10. The average molecular weight is 236 g/mol. The van der Waals surface area contributed by atoms with Gasteiger partial charge >= 0.3 is 0 Å². The summed E-state index contributed by atoms with van der Waals surface area (Å²) in [4.78, 5) is 11.7. The van der Waals surface area contributed by atoms with Crippen LogP contribution in [-0.4, -0.2) is 11.9 Å². The van der Waals surface area contributed by atoms with Crippen LogP contribution in [0.2, 0.25) is 0 Å². The third kappa shape index (κ3) is 1.94. The molecule has 1 unspecified atom stereocenters. The number of benzene rings is 1. The SMILES string of the molecule is CCC1(CC)C(=O)CC1Oc1ccc(F)cc1. The van der Waals surface area contributed by atoms with Crippen LogP contribution in [0.4, 0.5) is 4.39 Å². The zero-order chi connectivity index (χ0) is 12.5. The molecule has 0 radical (unpaired) electrons. The molecular formula is C14H17FO2. The van der Waals surface area contributed by atoms with E-state index in [1.54, 1.807) is 12.1 Å². The fourth-order valence-electron chi connectivity index (χ4n) is 2.55. The zero-order valence-corrected chi connectivity index (χ0v) is 10.2. The number of carbonyl (C=O) groups is 1. The van der Waals surface area contributed by atoms with Crippen molar-refractivity contribution in [1.29, 1.82) is 0 Å². The van der Waals surface area contributed by atoms with Gasteiger partial charge in [-0.2, -0.15) is 0 Å². The molecule has 1 aliphatic carbocycles. The molecule has 1 fully saturated rings. The van der Waals surface area contributed by atoms with Gasteiger partial charge in [0, 0.05) is 6.42 Å². The molecule has 0 bridgehead atoms. The topological polar surface area (TPSA) is 26.3 Å². The largest absolute Gasteiger partial charge is 0.489 e. The van der Waals surface area contributed by atoms with E-state index < -0.39 is 0 Å². The average Bonchev–Trinajstić information content (AvgIpc) is 2.33. The second-order valence-corrected chi connectivity index (χ2v) is 4.55. The fourth-order valence-corrected chi connectivity index (χ4v) is 2.55. The number of hydrogen-bond donors (Lipinski definition) is 0. The fraction of sp³-hybridized carbons (Fsp3) is 0.500. The number of ether oxygens (including phenoxy) is 1. The van der Waals surface area contributed by atoms with Crippen LogP contribution in [0.1, 0.15) is 33.1 Å². The number of rotatable bonds is 4.